The Labute approximate surface area is 247 Å². The lowest BCUT2D eigenvalue weighted by molar-refractivity contribution is -0.137. The van der Waals surface area contributed by atoms with Crippen LogP contribution >= 0.6 is 0 Å². The van der Waals surface area contributed by atoms with E-state index in [0.29, 0.717) is 28.1 Å². The van der Waals surface area contributed by atoms with Gasteiger partial charge in [-0.2, -0.15) is 13.2 Å². The van der Waals surface area contributed by atoms with E-state index in [0.717, 1.165) is 17.7 Å². The quantitative estimate of drug-likeness (QED) is 0.204. The molecule has 0 atom stereocenters. The zero-order valence-corrected chi connectivity index (χ0v) is 23.7. The normalized spacial score (nSPS) is 11.4. The third kappa shape index (κ3) is 8.68. The van der Waals surface area contributed by atoms with Crippen molar-refractivity contribution in [2.75, 3.05) is 10.6 Å². The second-order valence-electron chi connectivity index (χ2n) is 10.7. The maximum Gasteiger partial charge on any atom is 0.416 e. The molecule has 7 nitrogen and oxygen atoms in total. The second kappa shape index (κ2) is 12.8. The zero-order chi connectivity index (χ0) is 31.2. The van der Waals surface area contributed by atoms with Gasteiger partial charge in [0.05, 0.1) is 5.56 Å². The number of nitrogens with one attached hydrogen (secondary N) is 3. The van der Waals surface area contributed by atoms with Gasteiger partial charge in [-0.1, -0.05) is 48.5 Å². The number of hydrogen-bond donors (Lipinski definition) is 3. The summed E-state index contributed by atoms with van der Waals surface area (Å²) in [5, 5.41) is 8.23. The minimum atomic E-state index is -4.46. The Morgan fingerprint density at radius 2 is 1.40 bits per heavy atom. The van der Waals surface area contributed by atoms with Gasteiger partial charge in [-0.3, -0.25) is 14.9 Å². The van der Waals surface area contributed by atoms with Crippen LogP contribution < -0.4 is 16.0 Å². The van der Waals surface area contributed by atoms with E-state index in [-0.39, 0.29) is 18.0 Å². The predicted octanol–water partition coefficient (Wildman–Crippen LogP) is 7.90. The van der Waals surface area contributed by atoms with Crippen LogP contribution in [-0.4, -0.2) is 23.5 Å². The first kappa shape index (κ1) is 30.8. The molecule has 0 bridgehead atoms. The number of alkyl halides is 3. The number of halogens is 3. The third-order valence-electron chi connectivity index (χ3n) is 6.13. The Hall–Kier alpha value is -5.12. The Morgan fingerprint density at radius 1 is 0.721 bits per heavy atom. The van der Waals surface area contributed by atoms with E-state index in [9.17, 15) is 27.6 Å². The molecular formula is C33H30F3N3O4. The molecule has 0 heterocycles. The van der Waals surface area contributed by atoms with E-state index in [4.69, 9.17) is 4.74 Å². The molecule has 3 amide bonds. The summed E-state index contributed by atoms with van der Waals surface area (Å²) in [5.41, 5.74) is 1.83. The molecule has 0 aliphatic carbocycles. The maximum atomic E-state index is 13.2. The summed E-state index contributed by atoms with van der Waals surface area (Å²) in [6, 6.07) is 24.5. The van der Waals surface area contributed by atoms with Gasteiger partial charge < -0.3 is 15.4 Å². The van der Waals surface area contributed by atoms with Gasteiger partial charge in [0.15, 0.2) is 0 Å². The van der Waals surface area contributed by atoms with Crippen LogP contribution in [0.4, 0.5) is 29.3 Å². The van der Waals surface area contributed by atoms with Gasteiger partial charge in [0.1, 0.15) is 5.60 Å². The van der Waals surface area contributed by atoms with Crippen molar-refractivity contribution in [3.05, 3.63) is 119 Å². The monoisotopic (exact) mass is 589 g/mol. The lowest BCUT2D eigenvalue weighted by atomic mass is 9.98. The second-order valence-corrected chi connectivity index (χ2v) is 10.7. The minimum Gasteiger partial charge on any atom is -0.444 e. The number of carbonyl (C=O) groups is 3. The standard InChI is InChI=1S/C33H30F3N3O4/c1-32(2,3)43-31(42)39-25-17-11-21(12-18-25)20-37-29(40)23-7-6-8-26(19-23)38-30(41)28-10-5-4-9-27(28)22-13-15-24(16-14-22)33(34,35)36/h4-19H,20H2,1-3H3,(H,37,40)(H,38,41)(H,39,42). The topological polar surface area (TPSA) is 96.5 Å². The molecule has 0 spiro atoms. The van der Waals surface area contributed by atoms with Crippen LogP contribution in [0.2, 0.25) is 0 Å². The van der Waals surface area contributed by atoms with Crippen molar-refractivity contribution < 1.29 is 32.3 Å². The average Bonchev–Trinajstić information content (AvgIpc) is 2.95. The van der Waals surface area contributed by atoms with Crippen LogP contribution in [0.1, 0.15) is 52.6 Å². The fourth-order valence-corrected chi connectivity index (χ4v) is 4.12. The zero-order valence-electron chi connectivity index (χ0n) is 23.7. The molecule has 10 heteroatoms. The van der Waals surface area contributed by atoms with Crippen molar-refractivity contribution in [3.8, 4) is 11.1 Å². The van der Waals surface area contributed by atoms with Gasteiger partial charge in [-0.05, 0) is 86.0 Å². The van der Waals surface area contributed by atoms with Gasteiger partial charge in [0.25, 0.3) is 11.8 Å². The molecule has 0 saturated carbocycles. The average molecular weight is 590 g/mol. The van der Waals surface area contributed by atoms with E-state index in [2.05, 4.69) is 16.0 Å². The number of amides is 3. The summed E-state index contributed by atoms with van der Waals surface area (Å²) >= 11 is 0. The summed E-state index contributed by atoms with van der Waals surface area (Å²) in [4.78, 5) is 37.9. The molecule has 222 valence electrons. The summed E-state index contributed by atoms with van der Waals surface area (Å²) in [5.74, 6) is -0.842. The van der Waals surface area contributed by atoms with Crippen molar-refractivity contribution in [1.82, 2.24) is 5.32 Å². The Morgan fingerprint density at radius 3 is 2.05 bits per heavy atom. The molecule has 4 rings (SSSR count). The van der Waals surface area contributed by atoms with Crippen molar-refractivity contribution in [1.29, 1.82) is 0 Å². The molecule has 0 saturated heterocycles. The van der Waals surface area contributed by atoms with E-state index in [1.807, 2.05) is 0 Å². The molecule has 3 N–H and O–H groups in total. The lowest BCUT2D eigenvalue weighted by Crippen LogP contribution is -2.27. The van der Waals surface area contributed by atoms with Crippen LogP contribution in [0, 0.1) is 0 Å². The van der Waals surface area contributed by atoms with Crippen LogP contribution in [0.15, 0.2) is 97.1 Å². The van der Waals surface area contributed by atoms with Gasteiger partial charge >= 0.3 is 12.3 Å². The van der Waals surface area contributed by atoms with Crippen LogP contribution in [0.3, 0.4) is 0 Å². The number of hydrogen-bond acceptors (Lipinski definition) is 4. The molecule has 0 aliphatic rings. The van der Waals surface area contributed by atoms with Gasteiger partial charge in [0, 0.05) is 29.0 Å². The molecule has 0 radical (unpaired) electrons. The highest BCUT2D eigenvalue weighted by Crippen LogP contribution is 2.32. The van der Waals surface area contributed by atoms with E-state index >= 15 is 0 Å². The first-order valence-corrected chi connectivity index (χ1v) is 13.3. The Kier molecular flexibility index (Phi) is 9.18. The first-order valence-electron chi connectivity index (χ1n) is 13.3. The van der Waals surface area contributed by atoms with Crippen molar-refractivity contribution >= 4 is 29.3 Å². The van der Waals surface area contributed by atoms with Crippen molar-refractivity contribution in [2.24, 2.45) is 0 Å². The summed E-state index contributed by atoms with van der Waals surface area (Å²) in [7, 11) is 0. The van der Waals surface area contributed by atoms with Crippen LogP contribution in [-0.2, 0) is 17.5 Å². The Bertz CT molecular complexity index is 1610. The fourth-order valence-electron chi connectivity index (χ4n) is 4.12. The van der Waals surface area contributed by atoms with Crippen molar-refractivity contribution in [3.63, 3.8) is 0 Å². The number of benzene rings is 4. The van der Waals surface area contributed by atoms with Crippen LogP contribution in [0.25, 0.3) is 11.1 Å². The van der Waals surface area contributed by atoms with E-state index < -0.39 is 29.3 Å². The predicted molar refractivity (Wildman–Crippen MR) is 159 cm³/mol. The SMILES string of the molecule is CC(C)(C)OC(=O)Nc1ccc(CNC(=O)c2cccc(NC(=O)c3ccccc3-c3ccc(C(F)(F)F)cc3)c2)cc1. The van der Waals surface area contributed by atoms with Gasteiger partial charge in [0.2, 0.25) is 0 Å². The summed E-state index contributed by atoms with van der Waals surface area (Å²) in [6.45, 7) is 5.54. The molecule has 0 aromatic heterocycles. The Balaban J connectivity index is 1.38. The summed E-state index contributed by atoms with van der Waals surface area (Å²) in [6.07, 6.45) is -5.03. The summed E-state index contributed by atoms with van der Waals surface area (Å²) < 4.78 is 44.2. The highest BCUT2D eigenvalue weighted by Gasteiger charge is 2.30. The first-order chi connectivity index (χ1) is 20.3. The number of rotatable bonds is 7. The molecule has 0 fully saturated rings. The molecule has 4 aromatic carbocycles. The van der Waals surface area contributed by atoms with E-state index in [1.54, 1.807) is 87.5 Å². The minimum absolute atomic E-state index is 0.225. The van der Waals surface area contributed by atoms with E-state index in [1.165, 1.54) is 18.2 Å². The molecule has 0 unspecified atom stereocenters. The van der Waals surface area contributed by atoms with Gasteiger partial charge in [-0.15, -0.1) is 0 Å². The van der Waals surface area contributed by atoms with Crippen molar-refractivity contribution in [2.45, 2.75) is 39.1 Å². The lowest BCUT2D eigenvalue weighted by Gasteiger charge is -2.19. The highest BCUT2D eigenvalue weighted by atomic mass is 19.4. The molecular weight excluding hydrogens is 559 g/mol. The smallest absolute Gasteiger partial charge is 0.416 e. The fraction of sp³-hybridized carbons (Fsp3) is 0.182. The molecule has 43 heavy (non-hydrogen) atoms. The van der Waals surface area contributed by atoms with Gasteiger partial charge in [-0.25, -0.2) is 4.79 Å². The largest absolute Gasteiger partial charge is 0.444 e. The number of ether oxygens (including phenoxy) is 1. The highest BCUT2D eigenvalue weighted by molar-refractivity contribution is 6.09. The maximum absolute atomic E-state index is 13.2. The number of anilines is 2. The number of carbonyl (C=O) groups excluding carboxylic acids is 3. The molecule has 4 aromatic rings. The van der Waals surface area contributed by atoms with Crippen LogP contribution in [0.5, 0.6) is 0 Å². The molecule has 0 aliphatic heterocycles. The third-order valence-corrected chi connectivity index (χ3v) is 6.13.